The van der Waals surface area contributed by atoms with Crippen LogP contribution in [-0.4, -0.2) is 56.4 Å². The number of imidazole rings is 1. The first-order chi connectivity index (χ1) is 21.4. The minimum absolute atomic E-state index is 0.0784. The summed E-state index contributed by atoms with van der Waals surface area (Å²) >= 11 is 8.54. The van der Waals surface area contributed by atoms with Gasteiger partial charge >= 0.3 is 11.9 Å². The van der Waals surface area contributed by atoms with Gasteiger partial charge < -0.3 is 19.5 Å². The molecule has 4 atom stereocenters. The quantitative estimate of drug-likeness (QED) is 0.111. The standard InChI is InChI=1S/C31H24ClFIN5O5/c32-31-37-26(35-15-18-8-7-13-21(34)14-18)24-27(38-31)39(17-36-24)28-25(44-30(41)20-11-5-2-6-12-20)23(33)22(43-28)16-42-29(40)19-9-3-1-4-10-19/h1-14,17,22-23,25,28H,15-16H2,(H,35,37,38)/t22-,23-,25-,28-/m1/s1. The van der Waals surface area contributed by atoms with E-state index in [-0.39, 0.29) is 16.5 Å². The van der Waals surface area contributed by atoms with Crippen molar-refractivity contribution >= 4 is 63.1 Å². The average Bonchev–Trinajstić information content (AvgIpc) is 3.59. The smallest absolute Gasteiger partial charge is 0.338 e. The summed E-state index contributed by atoms with van der Waals surface area (Å²) in [7, 11) is 0. The minimum atomic E-state index is -1.86. The van der Waals surface area contributed by atoms with Crippen LogP contribution in [0.3, 0.4) is 0 Å². The summed E-state index contributed by atoms with van der Waals surface area (Å²) in [4.78, 5) is 38.7. The van der Waals surface area contributed by atoms with Crippen molar-refractivity contribution in [3.63, 3.8) is 0 Å². The maximum atomic E-state index is 16.0. The van der Waals surface area contributed by atoms with Gasteiger partial charge in [-0.15, -0.1) is 0 Å². The Kier molecular flexibility index (Phi) is 9.00. The summed E-state index contributed by atoms with van der Waals surface area (Å²) in [5, 5.41) is 3.16. The Labute approximate surface area is 269 Å². The fourth-order valence-corrected chi connectivity index (χ4v) is 5.56. The molecular formula is C31H24ClFIN5O5. The maximum absolute atomic E-state index is 16.0. The number of hydrogen-bond donors (Lipinski definition) is 1. The Morgan fingerprint density at radius 2 is 1.68 bits per heavy atom. The zero-order valence-corrected chi connectivity index (χ0v) is 25.8. The molecule has 3 aromatic carbocycles. The van der Waals surface area contributed by atoms with Crippen LogP contribution in [0.25, 0.3) is 11.2 Å². The molecule has 0 radical (unpaired) electrons. The molecule has 10 nitrogen and oxygen atoms in total. The van der Waals surface area contributed by atoms with E-state index in [0.717, 1.165) is 9.13 Å². The fourth-order valence-electron chi connectivity index (χ4n) is 4.79. The molecule has 1 aliphatic rings. The van der Waals surface area contributed by atoms with E-state index < -0.39 is 43.2 Å². The molecule has 0 saturated carbocycles. The second-order valence-electron chi connectivity index (χ2n) is 9.86. The first-order valence-electron chi connectivity index (χ1n) is 13.5. The van der Waals surface area contributed by atoms with E-state index in [0.29, 0.717) is 23.4 Å². The van der Waals surface area contributed by atoms with Gasteiger partial charge in [-0.3, -0.25) is 4.57 Å². The molecule has 3 heterocycles. The molecule has 1 fully saturated rings. The van der Waals surface area contributed by atoms with Crippen LogP contribution in [-0.2, 0) is 20.8 Å². The number of aromatic nitrogens is 4. The molecule has 1 aliphatic heterocycles. The van der Waals surface area contributed by atoms with Crippen LogP contribution in [0.4, 0.5) is 10.2 Å². The molecule has 0 amide bonds. The van der Waals surface area contributed by atoms with Gasteiger partial charge in [-0.2, -0.15) is 9.97 Å². The van der Waals surface area contributed by atoms with Crippen molar-refractivity contribution in [1.82, 2.24) is 19.5 Å². The first kappa shape index (κ1) is 29.9. The second-order valence-corrected chi connectivity index (χ2v) is 11.4. The van der Waals surface area contributed by atoms with Crippen molar-refractivity contribution in [1.29, 1.82) is 0 Å². The van der Waals surface area contributed by atoms with E-state index >= 15 is 4.39 Å². The Bertz CT molecular complexity index is 1790. The molecule has 0 unspecified atom stereocenters. The maximum Gasteiger partial charge on any atom is 0.338 e. The van der Waals surface area contributed by atoms with Gasteiger partial charge in [0.2, 0.25) is 5.28 Å². The van der Waals surface area contributed by atoms with Crippen LogP contribution in [0.15, 0.2) is 91.3 Å². The Balaban J connectivity index is 1.29. The van der Waals surface area contributed by atoms with Crippen LogP contribution >= 0.6 is 34.2 Å². The van der Waals surface area contributed by atoms with Gasteiger partial charge in [0.25, 0.3) is 0 Å². The molecule has 13 heteroatoms. The lowest BCUT2D eigenvalue weighted by Gasteiger charge is -2.21. The largest absolute Gasteiger partial charge is 0.459 e. The van der Waals surface area contributed by atoms with Gasteiger partial charge in [-0.05, 0) is 76.2 Å². The topological polar surface area (TPSA) is 117 Å². The molecule has 2 aromatic heterocycles. The van der Waals surface area contributed by atoms with Crippen LogP contribution in [0.1, 0.15) is 32.5 Å². The lowest BCUT2D eigenvalue weighted by Crippen LogP contribution is -2.35. The van der Waals surface area contributed by atoms with E-state index in [2.05, 4.69) is 42.9 Å². The lowest BCUT2D eigenvalue weighted by atomic mass is 10.1. The van der Waals surface area contributed by atoms with Crippen molar-refractivity contribution in [2.75, 3.05) is 11.9 Å². The highest BCUT2D eigenvalue weighted by molar-refractivity contribution is 14.1. The van der Waals surface area contributed by atoms with Crippen molar-refractivity contribution in [2.24, 2.45) is 0 Å². The number of ether oxygens (including phenoxy) is 3. The van der Waals surface area contributed by atoms with Crippen molar-refractivity contribution in [3.8, 4) is 0 Å². The lowest BCUT2D eigenvalue weighted by molar-refractivity contribution is -0.0596. The Morgan fingerprint density at radius 1 is 0.977 bits per heavy atom. The van der Waals surface area contributed by atoms with Gasteiger partial charge in [0.05, 0.1) is 17.5 Å². The predicted octanol–water partition coefficient (Wildman–Crippen LogP) is 6.01. The summed E-state index contributed by atoms with van der Waals surface area (Å²) in [6.07, 6.45) is -4.36. The number of fused-ring (bicyclic) bond motifs is 1. The Morgan fingerprint density at radius 3 is 2.39 bits per heavy atom. The number of alkyl halides is 1. The zero-order chi connectivity index (χ0) is 30.6. The molecule has 224 valence electrons. The van der Waals surface area contributed by atoms with E-state index in [4.69, 9.17) is 25.8 Å². The van der Waals surface area contributed by atoms with Crippen LogP contribution in [0, 0.1) is 3.57 Å². The van der Waals surface area contributed by atoms with Crippen LogP contribution in [0.2, 0.25) is 5.28 Å². The number of anilines is 1. The zero-order valence-electron chi connectivity index (χ0n) is 22.8. The summed E-state index contributed by atoms with van der Waals surface area (Å²) in [6.45, 7) is 0.0145. The molecule has 44 heavy (non-hydrogen) atoms. The van der Waals surface area contributed by atoms with Crippen molar-refractivity contribution in [3.05, 3.63) is 117 Å². The molecule has 6 rings (SSSR count). The number of nitrogens with one attached hydrogen (secondary N) is 1. The highest BCUT2D eigenvalue weighted by Gasteiger charge is 2.50. The summed E-state index contributed by atoms with van der Waals surface area (Å²) < 4.78 is 35.6. The van der Waals surface area contributed by atoms with Crippen LogP contribution < -0.4 is 5.32 Å². The summed E-state index contributed by atoms with van der Waals surface area (Å²) in [6, 6.07) is 24.5. The number of nitrogens with zero attached hydrogens (tertiary/aromatic N) is 4. The minimum Gasteiger partial charge on any atom is -0.459 e. The molecule has 1 N–H and O–H groups in total. The monoisotopic (exact) mass is 727 g/mol. The van der Waals surface area contributed by atoms with Crippen molar-refractivity contribution < 1.29 is 28.2 Å². The number of hydrogen-bond acceptors (Lipinski definition) is 9. The van der Waals surface area contributed by atoms with Crippen molar-refractivity contribution in [2.45, 2.75) is 31.2 Å². The van der Waals surface area contributed by atoms with Gasteiger partial charge in [-0.1, -0.05) is 48.5 Å². The summed E-state index contributed by atoms with van der Waals surface area (Å²) in [5.74, 6) is -1.02. The number of rotatable bonds is 9. The predicted molar refractivity (Wildman–Crippen MR) is 168 cm³/mol. The van der Waals surface area contributed by atoms with E-state index in [1.54, 1.807) is 60.7 Å². The number of benzene rings is 3. The first-order valence-corrected chi connectivity index (χ1v) is 15.0. The average molecular weight is 728 g/mol. The molecule has 0 aliphatic carbocycles. The van der Waals surface area contributed by atoms with E-state index in [1.165, 1.54) is 10.9 Å². The third-order valence-electron chi connectivity index (χ3n) is 6.92. The van der Waals surface area contributed by atoms with E-state index in [1.807, 2.05) is 24.3 Å². The summed E-state index contributed by atoms with van der Waals surface area (Å²) in [5.41, 5.74) is 2.14. The number of carbonyl (C=O) groups is 2. The van der Waals surface area contributed by atoms with Gasteiger partial charge in [0.1, 0.15) is 12.7 Å². The van der Waals surface area contributed by atoms with Gasteiger partial charge in [0.15, 0.2) is 35.5 Å². The fraction of sp³-hybridized carbons (Fsp3) is 0.194. The molecule has 0 spiro atoms. The number of halogens is 3. The number of carbonyl (C=O) groups excluding carboxylic acids is 2. The molecule has 5 aromatic rings. The molecule has 1 saturated heterocycles. The molecule has 0 bridgehead atoms. The highest BCUT2D eigenvalue weighted by atomic mass is 127. The van der Waals surface area contributed by atoms with Gasteiger partial charge in [-0.25, -0.2) is 19.0 Å². The van der Waals surface area contributed by atoms with E-state index in [9.17, 15) is 9.59 Å². The Hall–Kier alpha value is -4.14. The normalized spacial score (nSPS) is 19.5. The third kappa shape index (κ3) is 6.51. The number of esters is 2. The van der Waals surface area contributed by atoms with Crippen LogP contribution in [0.5, 0.6) is 0 Å². The highest BCUT2D eigenvalue weighted by Crippen LogP contribution is 2.37. The third-order valence-corrected chi connectivity index (χ3v) is 7.76. The molecular weight excluding hydrogens is 704 g/mol. The second kappa shape index (κ2) is 13.2. The van der Waals surface area contributed by atoms with Gasteiger partial charge in [0, 0.05) is 10.1 Å². The SMILES string of the molecule is O=C(OC[C@H]1O[C@@H](n2cnc3c(NCc4cccc(I)c4)nc(Cl)nc32)[C@H](OC(=O)c2ccccc2)[C@@H]1F)c1ccccc1.